The van der Waals surface area contributed by atoms with Gasteiger partial charge in [-0.25, -0.2) is 9.37 Å². The molecule has 3 N–H and O–H groups in total. The Morgan fingerprint density at radius 2 is 1.97 bits per heavy atom. The van der Waals surface area contributed by atoms with Gasteiger partial charge >= 0.3 is 0 Å². The first-order valence-electron chi connectivity index (χ1n) is 10.0. The molecule has 0 spiro atoms. The number of guanidine groups is 1. The summed E-state index contributed by atoms with van der Waals surface area (Å²) in [5.41, 5.74) is 3.07. The predicted octanol–water partition coefficient (Wildman–Crippen LogP) is 4.07. The Kier molecular flexibility index (Phi) is 9.35. The minimum absolute atomic E-state index is 0. The summed E-state index contributed by atoms with van der Waals surface area (Å²) in [6.45, 7) is 7.53. The molecular formula is C22H30FIN6. The lowest BCUT2D eigenvalue weighted by Crippen LogP contribution is -2.37. The molecule has 0 atom stereocenters. The number of aromatic amines is 1. The summed E-state index contributed by atoms with van der Waals surface area (Å²) < 4.78 is 13.3. The van der Waals surface area contributed by atoms with Crippen LogP contribution in [0.15, 0.2) is 47.7 Å². The summed E-state index contributed by atoms with van der Waals surface area (Å²) >= 11 is 0. The van der Waals surface area contributed by atoms with Gasteiger partial charge in [-0.2, -0.15) is 0 Å². The molecule has 0 saturated heterocycles. The van der Waals surface area contributed by atoms with Gasteiger partial charge < -0.3 is 20.5 Å². The molecule has 0 unspecified atom stereocenters. The number of halogens is 2. The van der Waals surface area contributed by atoms with Gasteiger partial charge in [0, 0.05) is 56.5 Å². The van der Waals surface area contributed by atoms with Crippen LogP contribution in [-0.4, -0.2) is 42.6 Å². The van der Waals surface area contributed by atoms with Crippen molar-refractivity contribution in [1.82, 2.24) is 20.6 Å². The molecule has 0 aliphatic carbocycles. The van der Waals surface area contributed by atoms with Crippen LogP contribution >= 0.6 is 24.0 Å². The topological polar surface area (TPSA) is 68.3 Å². The van der Waals surface area contributed by atoms with E-state index in [0.717, 1.165) is 59.9 Å². The van der Waals surface area contributed by atoms with E-state index >= 15 is 0 Å². The zero-order valence-corrected chi connectivity index (χ0v) is 20.0. The molecule has 0 aliphatic heterocycles. The molecule has 0 saturated carbocycles. The zero-order chi connectivity index (χ0) is 20.6. The minimum atomic E-state index is -0.228. The average molecular weight is 524 g/mol. The SMILES string of the molecule is CCN(CC)c1ccc(CNC(=NC)NCCc2c[nH]c3cc(F)ccc23)cn1.I. The molecule has 2 aromatic heterocycles. The van der Waals surface area contributed by atoms with Gasteiger partial charge in [-0.3, -0.25) is 4.99 Å². The Morgan fingerprint density at radius 1 is 1.17 bits per heavy atom. The molecule has 0 fully saturated rings. The van der Waals surface area contributed by atoms with Gasteiger partial charge in [-0.15, -0.1) is 24.0 Å². The Balaban J connectivity index is 0.00000320. The average Bonchev–Trinajstić information content (AvgIpc) is 3.14. The van der Waals surface area contributed by atoms with E-state index in [0.29, 0.717) is 6.54 Å². The smallest absolute Gasteiger partial charge is 0.191 e. The minimum Gasteiger partial charge on any atom is -0.361 e. The maximum atomic E-state index is 13.3. The molecule has 3 aromatic rings. The molecule has 3 rings (SSSR count). The Hall–Kier alpha value is -2.36. The number of hydrogen-bond donors (Lipinski definition) is 3. The third-order valence-electron chi connectivity index (χ3n) is 5.00. The third-order valence-corrected chi connectivity index (χ3v) is 5.00. The van der Waals surface area contributed by atoms with Crippen LogP contribution in [0.3, 0.4) is 0 Å². The van der Waals surface area contributed by atoms with Gasteiger partial charge in [0.25, 0.3) is 0 Å². The van der Waals surface area contributed by atoms with Crippen molar-refractivity contribution in [2.75, 3.05) is 31.6 Å². The molecular weight excluding hydrogens is 494 g/mol. The number of aromatic nitrogens is 2. The highest BCUT2D eigenvalue weighted by molar-refractivity contribution is 14.0. The molecule has 0 bridgehead atoms. The summed E-state index contributed by atoms with van der Waals surface area (Å²) in [5, 5.41) is 7.69. The summed E-state index contributed by atoms with van der Waals surface area (Å²) in [6, 6.07) is 8.98. The maximum Gasteiger partial charge on any atom is 0.191 e. The van der Waals surface area contributed by atoms with Crippen molar-refractivity contribution in [2.24, 2.45) is 4.99 Å². The third kappa shape index (κ3) is 6.07. The number of rotatable bonds is 8. The van der Waals surface area contributed by atoms with E-state index in [1.807, 2.05) is 18.5 Å². The number of fused-ring (bicyclic) bond motifs is 1. The molecule has 0 radical (unpaired) electrons. The molecule has 162 valence electrons. The predicted molar refractivity (Wildman–Crippen MR) is 133 cm³/mol. The van der Waals surface area contributed by atoms with Crippen LogP contribution in [0, 0.1) is 5.82 Å². The van der Waals surface area contributed by atoms with Crippen molar-refractivity contribution in [2.45, 2.75) is 26.8 Å². The van der Waals surface area contributed by atoms with Crippen LogP contribution in [-0.2, 0) is 13.0 Å². The van der Waals surface area contributed by atoms with Gasteiger partial charge in [-0.05, 0) is 55.7 Å². The zero-order valence-electron chi connectivity index (χ0n) is 17.7. The van der Waals surface area contributed by atoms with E-state index in [1.54, 1.807) is 7.05 Å². The van der Waals surface area contributed by atoms with E-state index < -0.39 is 0 Å². The van der Waals surface area contributed by atoms with Crippen molar-refractivity contribution in [3.8, 4) is 0 Å². The second kappa shape index (κ2) is 11.7. The van der Waals surface area contributed by atoms with E-state index in [2.05, 4.69) is 56.5 Å². The van der Waals surface area contributed by atoms with Crippen molar-refractivity contribution in [3.63, 3.8) is 0 Å². The second-order valence-corrected chi connectivity index (χ2v) is 6.80. The summed E-state index contributed by atoms with van der Waals surface area (Å²) in [7, 11) is 1.76. The molecule has 2 heterocycles. The molecule has 0 amide bonds. The number of aliphatic imine (C=N–C) groups is 1. The standard InChI is InChI=1S/C22H29FN6.HI/c1-4-29(5-2)21-9-6-16(13-27-21)14-28-22(24-3)25-11-10-17-15-26-20-12-18(23)7-8-19(17)20;/h6-9,12-13,15,26H,4-5,10-11,14H2,1-3H3,(H2,24,25,28);1H. The normalized spacial score (nSPS) is 11.3. The highest BCUT2D eigenvalue weighted by Crippen LogP contribution is 2.19. The van der Waals surface area contributed by atoms with Gasteiger partial charge in [0.1, 0.15) is 11.6 Å². The summed E-state index contributed by atoms with van der Waals surface area (Å²) in [4.78, 5) is 14.2. The number of nitrogens with one attached hydrogen (secondary N) is 3. The fourth-order valence-corrected chi connectivity index (χ4v) is 3.34. The van der Waals surface area contributed by atoms with Crippen LogP contribution in [0.1, 0.15) is 25.0 Å². The van der Waals surface area contributed by atoms with Gasteiger partial charge in [0.15, 0.2) is 5.96 Å². The number of pyridine rings is 1. The number of hydrogen-bond acceptors (Lipinski definition) is 3. The molecule has 8 heteroatoms. The fourth-order valence-electron chi connectivity index (χ4n) is 3.34. The van der Waals surface area contributed by atoms with Crippen molar-refractivity contribution in [1.29, 1.82) is 0 Å². The fraction of sp³-hybridized carbons (Fsp3) is 0.364. The second-order valence-electron chi connectivity index (χ2n) is 6.80. The summed E-state index contributed by atoms with van der Waals surface area (Å²) in [5.74, 6) is 1.51. The Bertz CT molecular complexity index is 950. The molecule has 6 nitrogen and oxygen atoms in total. The van der Waals surface area contributed by atoms with Crippen LogP contribution in [0.2, 0.25) is 0 Å². The number of anilines is 1. The first kappa shape index (κ1) is 23.9. The van der Waals surface area contributed by atoms with Gasteiger partial charge in [0.05, 0.1) is 0 Å². The highest BCUT2D eigenvalue weighted by atomic mass is 127. The molecule has 1 aromatic carbocycles. The van der Waals surface area contributed by atoms with E-state index in [1.165, 1.54) is 12.1 Å². The largest absolute Gasteiger partial charge is 0.361 e. The quantitative estimate of drug-likeness (QED) is 0.236. The van der Waals surface area contributed by atoms with Crippen molar-refractivity contribution >= 4 is 46.7 Å². The number of H-pyrrole nitrogens is 1. The lowest BCUT2D eigenvalue weighted by molar-refractivity contribution is 0.629. The maximum absolute atomic E-state index is 13.3. The van der Waals surface area contributed by atoms with Crippen molar-refractivity contribution < 1.29 is 4.39 Å². The monoisotopic (exact) mass is 524 g/mol. The summed E-state index contributed by atoms with van der Waals surface area (Å²) in [6.07, 6.45) is 4.65. The van der Waals surface area contributed by atoms with Crippen LogP contribution < -0.4 is 15.5 Å². The first-order chi connectivity index (χ1) is 14.1. The Morgan fingerprint density at radius 3 is 2.63 bits per heavy atom. The van der Waals surface area contributed by atoms with E-state index in [-0.39, 0.29) is 29.8 Å². The van der Waals surface area contributed by atoms with E-state index in [9.17, 15) is 4.39 Å². The van der Waals surface area contributed by atoms with Crippen LogP contribution in [0.4, 0.5) is 10.2 Å². The first-order valence-corrected chi connectivity index (χ1v) is 10.0. The number of benzene rings is 1. The Labute approximate surface area is 194 Å². The highest BCUT2D eigenvalue weighted by Gasteiger charge is 2.06. The lowest BCUT2D eigenvalue weighted by atomic mass is 10.1. The van der Waals surface area contributed by atoms with Gasteiger partial charge in [-0.1, -0.05) is 6.07 Å². The molecule has 30 heavy (non-hydrogen) atoms. The van der Waals surface area contributed by atoms with Crippen LogP contribution in [0.5, 0.6) is 0 Å². The van der Waals surface area contributed by atoms with E-state index in [4.69, 9.17) is 0 Å². The molecule has 0 aliphatic rings. The van der Waals surface area contributed by atoms with Crippen molar-refractivity contribution in [3.05, 3.63) is 59.7 Å². The van der Waals surface area contributed by atoms with Crippen LogP contribution in [0.25, 0.3) is 10.9 Å². The lowest BCUT2D eigenvalue weighted by Gasteiger charge is -2.19. The van der Waals surface area contributed by atoms with Gasteiger partial charge in [0.2, 0.25) is 0 Å². The number of nitrogens with zero attached hydrogens (tertiary/aromatic N) is 3.